The van der Waals surface area contributed by atoms with E-state index in [1.807, 2.05) is 19.1 Å². The summed E-state index contributed by atoms with van der Waals surface area (Å²) in [6, 6.07) is 5.79. The Morgan fingerprint density at radius 3 is 2.76 bits per heavy atom. The molecule has 3 N–H and O–H groups in total. The van der Waals surface area contributed by atoms with Crippen molar-refractivity contribution < 1.29 is 23.4 Å². The maximum absolute atomic E-state index is 14.6. The number of nitrogen functional groups attached to an aromatic ring is 1. The molecule has 1 fully saturated rings. The third kappa shape index (κ3) is 3.61. The first-order valence-electron chi connectivity index (χ1n) is 9.15. The fourth-order valence-electron chi connectivity index (χ4n) is 3.64. The molecule has 1 aliphatic rings. The molecular formula is C20H20F2N4O3. The topological polar surface area (TPSA) is 93.1 Å². The smallest absolute Gasteiger partial charge is 0.407 e. The molecule has 0 saturated carbocycles. The first-order chi connectivity index (χ1) is 13.8. The van der Waals surface area contributed by atoms with Gasteiger partial charge in [-0.15, -0.1) is 0 Å². The van der Waals surface area contributed by atoms with Crippen molar-refractivity contribution >= 4 is 17.4 Å². The van der Waals surface area contributed by atoms with E-state index in [0.29, 0.717) is 11.3 Å². The summed E-state index contributed by atoms with van der Waals surface area (Å²) in [6.45, 7) is 2.60. The van der Waals surface area contributed by atoms with E-state index in [1.165, 1.54) is 4.90 Å². The van der Waals surface area contributed by atoms with Gasteiger partial charge in [-0.25, -0.2) is 18.6 Å². The summed E-state index contributed by atoms with van der Waals surface area (Å²) in [5.74, 6) is -1.61. The molecule has 0 aliphatic carbocycles. The van der Waals surface area contributed by atoms with Gasteiger partial charge in [-0.05, 0) is 36.8 Å². The Balaban J connectivity index is 1.82. The summed E-state index contributed by atoms with van der Waals surface area (Å²) in [4.78, 5) is 17.0. The number of hydrogen-bond donors (Lipinski definition) is 2. The summed E-state index contributed by atoms with van der Waals surface area (Å²) in [7, 11) is 0. The summed E-state index contributed by atoms with van der Waals surface area (Å²) in [6.07, 6.45) is 0.538. The van der Waals surface area contributed by atoms with E-state index < -0.39 is 23.8 Å². The van der Waals surface area contributed by atoms with Gasteiger partial charge in [0.25, 0.3) is 0 Å². The number of nitrogens with two attached hydrogens (primary N) is 1. The van der Waals surface area contributed by atoms with Gasteiger partial charge in [0.05, 0.1) is 36.2 Å². The molecule has 1 aliphatic heterocycles. The molecule has 152 valence electrons. The van der Waals surface area contributed by atoms with Gasteiger partial charge < -0.3 is 24.9 Å². The monoisotopic (exact) mass is 402 g/mol. The lowest BCUT2D eigenvalue weighted by Crippen LogP contribution is -2.45. The normalized spacial score (nSPS) is 17.1. The number of anilines is 1. The SMILES string of the molecule is Cc1ccn2c(CC3CN(C(=O)O)CCO3)c(-c3c(F)cc(N)cc3F)nc2c1. The number of nitrogens with zero attached hydrogens (tertiary/aromatic N) is 3. The van der Waals surface area contributed by atoms with Gasteiger partial charge >= 0.3 is 6.09 Å². The number of morpholine rings is 1. The first kappa shape index (κ1) is 19.1. The van der Waals surface area contributed by atoms with Crippen molar-refractivity contribution in [2.24, 2.45) is 0 Å². The van der Waals surface area contributed by atoms with Gasteiger partial charge in [0.1, 0.15) is 17.3 Å². The zero-order valence-corrected chi connectivity index (χ0v) is 15.7. The molecular weight excluding hydrogens is 382 g/mol. The Labute approximate surface area is 165 Å². The lowest BCUT2D eigenvalue weighted by atomic mass is 10.0. The maximum Gasteiger partial charge on any atom is 0.407 e. The van der Waals surface area contributed by atoms with E-state index in [0.717, 1.165) is 17.7 Å². The van der Waals surface area contributed by atoms with Crippen LogP contribution < -0.4 is 5.73 Å². The van der Waals surface area contributed by atoms with Crippen molar-refractivity contribution in [2.45, 2.75) is 19.4 Å². The van der Waals surface area contributed by atoms with Crippen LogP contribution in [0.1, 0.15) is 11.3 Å². The number of carbonyl (C=O) groups is 1. The zero-order valence-electron chi connectivity index (χ0n) is 15.7. The Hall–Kier alpha value is -3.20. The molecule has 1 saturated heterocycles. The number of halogens is 2. The molecule has 1 atom stereocenters. The van der Waals surface area contributed by atoms with Crippen molar-refractivity contribution in [1.29, 1.82) is 0 Å². The highest BCUT2D eigenvalue weighted by molar-refractivity contribution is 5.70. The van der Waals surface area contributed by atoms with Crippen LogP contribution in [0.25, 0.3) is 16.9 Å². The predicted molar refractivity (Wildman–Crippen MR) is 103 cm³/mol. The second kappa shape index (κ2) is 7.32. The number of imidazole rings is 1. The van der Waals surface area contributed by atoms with E-state index in [4.69, 9.17) is 10.5 Å². The van der Waals surface area contributed by atoms with Gasteiger partial charge in [0.2, 0.25) is 0 Å². The predicted octanol–water partition coefficient (Wildman–Crippen LogP) is 3.09. The fourth-order valence-corrected chi connectivity index (χ4v) is 3.64. The van der Waals surface area contributed by atoms with Gasteiger partial charge in [0.15, 0.2) is 0 Å². The van der Waals surface area contributed by atoms with Crippen molar-refractivity contribution in [1.82, 2.24) is 14.3 Å². The van der Waals surface area contributed by atoms with Crippen molar-refractivity contribution in [3.8, 4) is 11.3 Å². The number of carboxylic acid groups (broad SMARTS) is 1. The number of ether oxygens (including phenoxy) is 1. The molecule has 3 aromatic rings. The van der Waals surface area contributed by atoms with Crippen LogP contribution in [-0.4, -0.2) is 51.3 Å². The fraction of sp³-hybridized carbons (Fsp3) is 0.300. The number of aromatic nitrogens is 2. The van der Waals surface area contributed by atoms with E-state index in [9.17, 15) is 18.7 Å². The summed E-state index contributed by atoms with van der Waals surface area (Å²) in [5, 5.41) is 9.26. The molecule has 0 bridgehead atoms. The summed E-state index contributed by atoms with van der Waals surface area (Å²) in [5.41, 5.74) is 7.45. The molecule has 0 radical (unpaired) electrons. The van der Waals surface area contributed by atoms with E-state index in [1.54, 1.807) is 10.6 Å². The van der Waals surface area contributed by atoms with E-state index in [2.05, 4.69) is 4.98 Å². The molecule has 2 aromatic heterocycles. The number of rotatable bonds is 3. The minimum Gasteiger partial charge on any atom is -0.465 e. The lowest BCUT2D eigenvalue weighted by Gasteiger charge is -2.31. The van der Waals surface area contributed by atoms with Crippen LogP contribution in [0.2, 0.25) is 0 Å². The minimum absolute atomic E-state index is 0.0161. The Bertz CT molecular complexity index is 1080. The van der Waals surface area contributed by atoms with Crippen LogP contribution in [-0.2, 0) is 11.2 Å². The number of pyridine rings is 1. The second-order valence-corrected chi connectivity index (χ2v) is 7.12. The van der Waals surface area contributed by atoms with Crippen LogP contribution in [0.4, 0.5) is 19.3 Å². The molecule has 4 rings (SSSR count). The van der Waals surface area contributed by atoms with Gasteiger partial charge in [-0.2, -0.15) is 0 Å². The molecule has 3 heterocycles. The number of benzene rings is 1. The number of fused-ring (bicyclic) bond motifs is 1. The Morgan fingerprint density at radius 2 is 2.07 bits per heavy atom. The highest BCUT2D eigenvalue weighted by atomic mass is 19.1. The highest BCUT2D eigenvalue weighted by Gasteiger charge is 2.28. The quantitative estimate of drug-likeness (QED) is 0.657. The van der Waals surface area contributed by atoms with E-state index in [-0.39, 0.29) is 43.1 Å². The minimum atomic E-state index is -1.03. The van der Waals surface area contributed by atoms with Crippen LogP contribution in [0, 0.1) is 18.6 Å². The lowest BCUT2D eigenvalue weighted by molar-refractivity contribution is -0.0214. The maximum atomic E-state index is 14.6. The van der Waals surface area contributed by atoms with Crippen molar-refractivity contribution in [2.75, 3.05) is 25.4 Å². The van der Waals surface area contributed by atoms with Crippen LogP contribution in [0.15, 0.2) is 30.5 Å². The molecule has 1 amide bonds. The molecule has 1 unspecified atom stereocenters. The average Bonchev–Trinajstić information content (AvgIpc) is 2.98. The highest BCUT2D eigenvalue weighted by Crippen LogP contribution is 2.32. The number of aryl methyl sites for hydroxylation is 1. The van der Waals surface area contributed by atoms with Gasteiger partial charge in [-0.1, -0.05) is 0 Å². The summed E-state index contributed by atoms with van der Waals surface area (Å²) >= 11 is 0. The molecule has 0 spiro atoms. The second-order valence-electron chi connectivity index (χ2n) is 7.12. The van der Waals surface area contributed by atoms with E-state index >= 15 is 0 Å². The molecule has 9 heteroatoms. The number of amides is 1. The Kier molecular flexibility index (Phi) is 4.83. The standard InChI is InChI=1S/C20H20F2N4O3/c1-11-2-3-26-16(9-13-10-25(20(27)28)4-5-29-13)19(24-17(26)6-11)18-14(21)7-12(23)8-15(18)22/h2-3,6-8,13H,4-5,9-10,23H2,1H3,(H,27,28). The van der Waals surface area contributed by atoms with Crippen LogP contribution in [0.5, 0.6) is 0 Å². The first-order valence-corrected chi connectivity index (χ1v) is 9.15. The van der Waals surface area contributed by atoms with Crippen molar-refractivity contribution in [3.63, 3.8) is 0 Å². The third-order valence-corrected chi connectivity index (χ3v) is 5.01. The molecule has 1 aromatic carbocycles. The van der Waals surface area contributed by atoms with Crippen molar-refractivity contribution in [3.05, 3.63) is 53.4 Å². The molecule has 29 heavy (non-hydrogen) atoms. The third-order valence-electron chi connectivity index (χ3n) is 5.01. The zero-order chi connectivity index (χ0) is 20.7. The van der Waals surface area contributed by atoms with Crippen LogP contribution in [0.3, 0.4) is 0 Å². The largest absolute Gasteiger partial charge is 0.465 e. The molecule has 7 nitrogen and oxygen atoms in total. The summed E-state index contributed by atoms with van der Waals surface area (Å²) < 4.78 is 36.8. The van der Waals surface area contributed by atoms with Gasteiger partial charge in [-0.3, -0.25) is 0 Å². The van der Waals surface area contributed by atoms with Crippen LogP contribution >= 0.6 is 0 Å². The average molecular weight is 402 g/mol. The Morgan fingerprint density at radius 1 is 1.34 bits per heavy atom. The van der Waals surface area contributed by atoms with Gasteiger partial charge in [0, 0.05) is 24.8 Å². The number of hydrogen-bond acceptors (Lipinski definition) is 4.